The summed E-state index contributed by atoms with van der Waals surface area (Å²) in [5.41, 5.74) is 0. The van der Waals surface area contributed by atoms with E-state index in [0.717, 1.165) is 12.9 Å². The van der Waals surface area contributed by atoms with E-state index >= 15 is 0 Å². The maximum absolute atomic E-state index is 11.6. The van der Waals surface area contributed by atoms with Crippen molar-refractivity contribution in [3.63, 3.8) is 0 Å². The fourth-order valence-corrected chi connectivity index (χ4v) is 4.73. The molecule has 0 heterocycles. The van der Waals surface area contributed by atoms with Crippen LogP contribution in [-0.2, 0) is 34.7 Å². The first kappa shape index (κ1) is 20.5. The Morgan fingerprint density at radius 2 is 2.00 bits per heavy atom. The smallest absolute Gasteiger partial charge is 0.351 e. The molecule has 1 saturated carbocycles. The van der Waals surface area contributed by atoms with Gasteiger partial charge in [0.05, 0.1) is 18.8 Å². The average Bonchev–Trinajstić information content (AvgIpc) is 2.71. The Hall–Kier alpha value is 0.445. The third-order valence-corrected chi connectivity index (χ3v) is 6.29. The minimum atomic E-state index is -3.75. The quantitative estimate of drug-likeness (QED) is 0.488. The van der Waals surface area contributed by atoms with Gasteiger partial charge in [0.15, 0.2) is 0 Å². The van der Waals surface area contributed by atoms with Gasteiger partial charge in [-0.3, -0.25) is 4.57 Å². The summed E-state index contributed by atoms with van der Waals surface area (Å²) in [7, 11) is 0.946. The lowest BCUT2D eigenvalue weighted by molar-refractivity contribution is 0.00384. The van der Waals surface area contributed by atoms with E-state index in [1.807, 2.05) is 7.85 Å². The molecule has 2 N–H and O–H groups in total. The normalized spacial score (nSPS) is 34.6. The van der Waals surface area contributed by atoms with Crippen LogP contribution in [0.4, 0.5) is 0 Å². The largest absolute Gasteiger partial charge is 0.379 e. The van der Waals surface area contributed by atoms with E-state index in [1.165, 1.54) is 0 Å². The highest BCUT2D eigenvalue weighted by molar-refractivity contribution is 8.07. The molecule has 0 spiro atoms. The highest BCUT2D eigenvalue weighted by Gasteiger charge is 2.43. The number of rotatable bonds is 8. The zero-order valence-corrected chi connectivity index (χ0v) is 15.7. The van der Waals surface area contributed by atoms with Gasteiger partial charge < -0.3 is 28.1 Å². The molecule has 0 saturated heterocycles. The van der Waals surface area contributed by atoms with E-state index in [0.29, 0.717) is 6.42 Å². The molecular weight excluding hydrogens is 349 g/mol. The van der Waals surface area contributed by atoms with Crippen molar-refractivity contribution in [3.8, 4) is 0 Å². The van der Waals surface area contributed by atoms with E-state index in [9.17, 15) is 14.4 Å². The van der Waals surface area contributed by atoms with Crippen molar-refractivity contribution in [1.82, 2.24) is 0 Å². The number of methoxy groups -OCH3 is 1. The van der Waals surface area contributed by atoms with Gasteiger partial charge in [0.25, 0.3) is 0 Å². The molecule has 22 heavy (non-hydrogen) atoms. The topological polar surface area (TPSA) is 94.5 Å². The first-order valence-electron chi connectivity index (χ1n) is 6.92. The van der Waals surface area contributed by atoms with Gasteiger partial charge in [-0.2, -0.15) is 0 Å². The molecule has 0 bridgehead atoms. The van der Waals surface area contributed by atoms with Gasteiger partial charge >= 0.3 is 14.3 Å². The van der Waals surface area contributed by atoms with Crippen LogP contribution >= 0.6 is 14.3 Å². The van der Waals surface area contributed by atoms with Crippen molar-refractivity contribution in [2.24, 2.45) is 5.92 Å². The van der Waals surface area contributed by atoms with Gasteiger partial charge in [0.1, 0.15) is 7.85 Å². The van der Waals surface area contributed by atoms with Crippen LogP contribution in [0.2, 0.25) is 5.82 Å². The molecule has 6 atom stereocenters. The zero-order valence-electron chi connectivity index (χ0n) is 13.1. The van der Waals surface area contributed by atoms with Gasteiger partial charge in [-0.05, 0) is 31.0 Å². The summed E-state index contributed by atoms with van der Waals surface area (Å²) in [5, 5.41) is 0. The fraction of sp³-hybridized carbons (Fsp3) is 0.818. The third kappa shape index (κ3) is 5.82. The predicted octanol–water partition coefficient (Wildman–Crippen LogP) is 1.43. The maximum atomic E-state index is 11.6. The molecule has 3 unspecified atom stereocenters. The molecule has 1 rings (SSSR count). The molecule has 0 amide bonds. The lowest BCUT2D eigenvalue weighted by Gasteiger charge is -2.27. The molecule has 128 valence electrons. The second-order valence-electron chi connectivity index (χ2n) is 5.12. The highest BCUT2D eigenvalue weighted by atomic mass is 32.5. The Labute approximate surface area is 137 Å². The van der Waals surface area contributed by atoms with Gasteiger partial charge in [-0.25, -0.2) is 0 Å². The molecule has 1 aliphatic carbocycles. The Bertz CT molecular complexity index is 489. The van der Waals surface area contributed by atoms with Crippen LogP contribution in [0.15, 0.2) is 11.9 Å². The molecule has 0 aromatic carbocycles. The molecule has 0 aromatic rings. The van der Waals surface area contributed by atoms with E-state index in [2.05, 4.69) is 4.52 Å². The van der Waals surface area contributed by atoms with Gasteiger partial charge in [-0.15, -0.1) is 0 Å². The molecule has 1 fully saturated rings. The van der Waals surface area contributed by atoms with Crippen LogP contribution in [-0.4, -0.2) is 50.7 Å². The minimum absolute atomic E-state index is 0.141. The predicted molar refractivity (Wildman–Crippen MR) is 90.2 cm³/mol. The maximum Gasteiger partial charge on any atom is 0.351 e. The lowest BCUT2D eigenvalue weighted by atomic mass is 9.83. The van der Waals surface area contributed by atoms with Crippen LogP contribution in [0.3, 0.4) is 0 Å². The summed E-state index contributed by atoms with van der Waals surface area (Å²) in [6.45, 7) is -1.42. The van der Waals surface area contributed by atoms with Gasteiger partial charge in [0, 0.05) is 26.0 Å². The summed E-state index contributed by atoms with van der Waals surface area (Å²) >= 11 is 4.97. The van der Waals surface area contributed by atoms with Crippen molar-refractivity contribution in [2.45, 2.75) is 31.4 Å². The number of ether oxygens (including phenoxy) is 1. The average molecular weight is 372 g/mol. The Morgan fingerprint density at radius 1 is 1.36 bits per heavy atom. The summed E-state index contributed by atoms with van der Waals surface area (Å²) in [4.78, 5) is 19.5. The van der Waals surface area contributed by atoms with E-state index in [1.54, 1.807) is 20.1 Å². The van der Waals surface area contributed by atoms with Crippen LogP contribution in [0.5, 0.6) is 0 Å². The van der Waals surface area contributed by atoms with E-state index in [-0.39, 0.29) is 24.4 Å². The molecule has 0 aliphatic heterocycles. The van der Waals surface area contributed by atoms with Crippen molar-refractivity contribution in [3.05, 3.63) is 11.9 Å². The second-order valence-corrected chi connectivity index (χ2v) is 9.70. The standard InChI is InChI=1S/C11H23BO7P2S/c1-4-18-21(15,22)19-10-8(5-6-20(13,14)17-3)7-9(12)11(10)16-2/h5-6,8-11H,4,7,12H2,1-3H3,(H,13,14)(H,15,22)/b6-5+/t8-,9?,10+,11-,21?/m0/s1. The number of hydrogen-bond acceptors (Lipinski definition) is 6. The Kier molecular flexibility index (Phi) is 7.93. The lowest BCUT2D eigenvalue weighted by Crippen LogP contribution is -2.30. The SMILES string of the molecule is BC1C[C@H](/C=C/P(=O)(O)OC)[C@@H](OP(O)(=S)OCC)[C@H]1OC. The molecular formula is C11H23BO7P2S. The van der Waals surface area contributed by atoms with Crippen LogP contribution in [0.25, 0.3) is 0 Å². The first-order valence-corrected chi connectivity index (χ1v) is 11.2. The molecule has 11 heteroatoms. The Morgan fingerprint density at radius 3 is 2.50 bits per heavy atom. The summed E-state index contributed by atoms with van der Waals surface area (Å²) in [6, 6.07) is 0. The zero-order chi connectivity index (χ0) is 17.0. The Balaban J connectivity index is 2.94. The summed E-state index contributed by atoms with van der Waals surface area (Å²) in [6.07, 6.45) is 1.40. The third-order valence-electron chi connectivity index (χ3n) is 3.55. The van der Waals surface area contributed by atoms with Gasteiger partial charge in [0.2, 0.25) is 0 Å². The summed E-state index contributed by atoms with van der Waals surface area (Å²) < 4.78 is 32.2. The van der Waals surface area contributed by atoms with Crippen molar-refractivity contribution >= 4 is 34.0 Å². The van der Waals surface area contributed by atoms with Crippen molar-refractivity contribution in [2.75, 3.05) is 20.8 Å². The van der Waals surface area contributed by atoms with Gasteiger partial charge in [-0.1, -0.05) is 6.08 Å². The minimum Gasteiger partial charge on any atom is -0.379 e. The van der Waals surface area contributed by atoms with E-state index < -0.39 is 20.4 Å². The van der Waals surface area contributed by atoms with Crippen LogP contribution < -0.4 is 0 Å². The molecule has 1 aliphatic rings. The number of hydrogen-bond donors (Lipinski definition) is 2. The van der Waals surface area contributed by atoms with Crippen LogP contribution in [0.1, 0.15) is 13.3 Å². The molecule has 0 radical (unpaired) electrons. The monoisotopic (exact) mass is 372 g/mol. The van der Waals surface area contributed by atoms with E-state index in [4.69, 9.17) is 25.6 Å². The second kappa shape index (κ2) is 8.52. The fourth-order valence-electron chi connectivity index (χ4n) is 2.59. The summed E-state index contributed by atoms with van der Waals surface area (Å²) in [5.74, 6) is 1.03. The van der Waals surface area contributed by atoms with Crippen molar-refractivity contribution in [1.29, 1.82) is 0 Å². The molecule has 7 nitrogen and oxygen atoms in total. The van der Waals surface area contributed by atoms with Crippen LogP contribution in [0, 0.1) is 5.92 Å². The molecule has 0 aromatic heterocycles. The first-order chi connectivity index (χ1) is 10.2. The highest BCUT2D eigenvalue weighted by Crippen LogP contribution is 2.52. The van der Waals surface area contributed by atoms with Crippen molar-refractivity contribution < 1.29 is 32.7 Å².